The molecule has 0 bridgehead atoms. The van der Waals surface area contributed by atoms with Crippen LogP contribution in [-0.4, -0.2) is 60.3 Å². The monoisotopic (exact) mass is 418 g/mol. The lowest BCUT2D eigenvalue weighted by Crippen LogP contribution is -2.36. The van der Waals surface area contributed by atoms with Gasteiger partial charge in [0.2, 0.25) is 0 Å². The van der Waals surface area contributed by atoms with E-state index < -0.39 is 0 Å². The second-order valence-electron chi connectivity index (χ2n) is 8.23. The summed E-state index contributed by atoms with van der Waals surface area (Å²) < 4.78 is 10.3. The molecule has 3 heterocycles. The zero-order valence-electron chi connectivity index (χ0n) is 17.5. The van der Waals surface area contributed by atoms with Crippen LogP contribution in [0.4, 0.5) is 5.82 Å². The fourth-order valence-corrected chi connectivity index (χ4v) is 5.54. The highest BCUT2D eigenvalue weighted by molar-refractivity contribution is 7.19. The van der Waals surface area contributed by atoms with E-state index in [1.165, 1.54) is 24.0 Å². The van der Waals surface area contributed by atoms with Gasteiger partial charge in [-0.25, -0.2) is 9.97 Å². The molecule has 0 aromatic carbocycles. The predicted molar refractivity (Wildman–Crippen MR) is 114 cm³/mol. The smallest absolute Gasteiger partial charge is 0.307 e. The number of hydrogen-bond donors (Lipinski definition) is 1. The number of carbonyl (C=O) groups is 1. The maximum atomic E-state index is 11.7. The van der Waals surface area contributed by atoms with Crippen molar-refractivity contribution in [2.24, 2.45) is 5.92 Å². The van der Waals surface area contributed by atoms with Gasteiger partial charge in [-0.2, -0.15) is 0 Å². The highest BCUT2D eigenvalue weighted by atomic mass is 32.1. The van der Waals surface area contributed by atoms with Gasteiger partial charge in [-0.3, -0.25) is 9.69 Å². The Labute approximate surface area is 175 Å². The minimum absolute atomic E-state index is 0.0603. The predicted octanol–water partition coefficient (Wildman–Crippen LogP) is 3.01. The van der Waals surface area contributed by atoms with Crippen LogP contribution in [0.5, 0.6) is 0 Å². The molecule has 158 valence electrons. The van der Waals surface area contributed by atoms with Crippen molar-refractivity contribution in [2.45, 2.75) is 52.1 Å². The SMILES string of the molecule is COC(=O)C[C@@H](C)Nc1nc(CN2CCOCC2)nc2sc3c(c12)CC[C@H](C)C3. The number of anilines is 1. The van der Waals surface area contributed by atoms with E-state index in [1.807, 2.05) is 18.3 Å². The molecule has 1 aliphatic heterocycles. The molecule has 2 atom stereocenters. The molecule has 7 nitrogen and oxygen atoms in total. The average Bonchev–Trinajstić information content (AvgIpc) is 3.06. The van der Waals surface area contributed by atoms with Crippen LogP contribution in [0.2, 0.25) is 0 Å². The molecule has 4 rings (SSSR count). The molecular weight excluding hydrogens is 388 g/mol. The molecule has 0 unspecified atom stereocenters. The number of ether oxygens (including phenoxy) is 2. The Morgan fingerprint density at radius 1 is 1.38 bits per heavy atom. The first-order valence-corrected chi connectivity index (χ1v) is 11.3. The van der Waals surface area contributed by atoms with Crippen molar-refractivity contribution >= 4 is 33.3 Å². The van der Waals surface area contributed by atoms with E-state index in [4.69, 9.17) is 19.4 Å². The number of methoxy groups -OCH3 is 1. The van der Waals surface area contributed by atoms with Gasteiger partial charge in [0.15, 0.2) is 0 Å². The third-order valence-electron chi connectivity index (χ3n) is 5.75. The van der Waals surface area contributed by atoms with Crippen molar-refractivity contribution in [3.63, 3.8) is 0 Å². The largest absolute Gasteiger partial charge is 0.469 e. The molecule has 0 amide bonds. The number of esters is 1. The average molecular weight is 419 g/mol. The third-order valence-corrected chi connectivity index (χ3v) is 6.90. The molecule has 0 radical (unpaired) electrons. The molecule has 2 aromatic heterocycles. The van der Waals surface area contributed by atoms with Gasteiger partial charge >= 0.3 is 5.97 Å². The summed E-state index contributed by atoms with van der Waals surface area (Å²) in [6.45, 7) is 8.36. The number of carbonyl (C=O) groups excluding carboxylic acids is 1. The van der Waals surface area contributed by atoms with Gasteiger partial charge in [0.05, 0.1) is 38.7 Å². The lowest BCUT2D eigenvalue weighted by atomic mass is 9.89. The molecule has 2 aliphatic rings. The Kier molecular flexibility index (Phi) is 6.32. The van der Waals surface area contributed by atoms with Crippen LogP contribution in [-0.2, 0) is 33.7 Å². The highest BCUT2D eigenvalue weighted by Gasteiger charge is 2.25. The summed E-state index contributed by atoms with van der Waals surface area (Å²) in [5, 5.41) is 4.64. The topological polar surface area (TPSA) is 76.6 Å². The number of rotatable bonds is 6. The fourth-order valence-electron chi connectivity index (χ4n) is 4.14. The summed E-state index contributed by atoms with van der Waals surface area (Å²) in [6.07, 6.45) is 3.70. The zero-order valence-corrected chi connectivity index (χ0v) is 18.3. The van der Waals surface area contributed by atoms with E-state index in [2.05, 4.69) is 17.1 Å². The minimum Gasteiger partial charge on any atom is -0.469 e. The van der Waals surface area contributed by atoms with Crippen molar-refractivity contribution in [2.75, 3.05) is 38.7 Å². The zero-order chi connectivity index (χ0) is 20.4. The number of aromatic nitrogens is 2. The van der Waals surface area contributed by atoms with Gasteiger partial charge in [-0.1, -0.05) is 6.92 Å². The first-order valence-electron chi connectivity index (χ1n) is 10.5. The highest BCUT2D eigenvalue weighted by Crippen LogP contribution is 2.40. The minimum atomic E-state index is -0.218. The standard InChI is InChI=1S/C21H30N4O3S/c1-13-4-5-15-16(10-13)29-21-19(15)20(22-14(2)11-18(26)27-3)23-17(24-21)12-25-6-8-28-9-7-25/h13-14H,4-12H2,1-3H3,(H,22,23,24)/t13-,14+/m0/s1. The van der Waals surface area contributed by atoms with Gasteiger partial charge in [-0.05, 0) is 37.7 Å². The van der Waals surface area contributed by atoms with Crippen molar-refractivity contribution < 1.29 is 14.3 Å². The maximum Gasteiger partial charge on any atom is 0.307 e. The maximum absolute atomic E-state index is 11.7. The Bertz CT molecular complexity index is 878. The fraction of sp³-hybridized carbons (Fsp3) is 0.667. The van der Waals surface area contributed by atoms with Crippen molar-refractivity contribution in [3.8, 4) is 0 Å². The summed E-state index contributed by atoms with van der Waals surface area (Å²) in [4.78, 5) is 26.4. The Balaban J connectivity index is 1.67. The van der Waals surface area contributed by atoms with Gasteiger partial charge in [0.1, 0.15) is 16.5 Å². The van der Waals surface area contributed by atoms with Crippen LogP contribution in [0.25, 0.3) is 10.2 Å². The summed E-state index contributed by atoms with van der Waals surface area (Å²) in [5.41, 5.74) is 1.40. The van der Waals surface area contributed by atoms with E-state index in [-0.39, 0.29) is 12.0 Å². The first kappa shape index (κ1) is 20.5. The van der Waals surface area contributed by atoms with Crippen LogP contribution < -0.4 is 5.32 Å². The van der Waals surface area contributed by atoms with Crippen LogP contribution in [0, 0.1) is 5.92 Å². The van der Waals surface area contributed by atoms with E-state index in [1.54, 1.807) is 0 Å². The molecule has 1 saturated heterocycles. The summed E-state index contributed by atoms with van der Waals surface area (Å²) in [7, 11) is 1.43. The Morgan fingerprint density at radius 2 is 2.17 bits per heavy atom. The van der Waals surface area contributed by atoms with Gasteiger partial charge in [0.25, 0.3) is 0 Å². The molecular formula is C21H30N4O3S. The Hall–Kier alpha value is -1.77. The van der Waals surface area contributed by atoms with Crippen LogP contribution in [0.15, 0.2) is 0 Å². The number of nitrogens with one attached hydrogen (secondary N) is 1. The van der Waals surface area contributed by atoms with Crippen molar-refractivity contribution in [1.82, 2.24) is 14.9 Å². The molecule has 1 fully saturated rings. The van der Waals surface area contributed by atoms with Crippen LogP contribution in [0.3, 0.4) is 0 Å². The van der Waals surface area contributed by atoms with Crippen molar-refractivity contribution in [3.05, 3.63) is 16.3 Å². The van der Waals surface area contributed by atoms with E-state index >= 15 is 0 Å². The molecule has 1 aliphatic carbocycles. The number of thiophene rings is 1. The summed E-state index contributed by atoms with van der Waals surface area (Å²) in [5.74, 6) is 2.19. The molecule has 0 spiro atoms. The van der Waals surface area contributed by atoms with Gasteiger partial charge in [-0.15, -0.1) is 11.3 Å². The quantitative estimate of drug-likeness (QED) is 0.723. The lowest BCUT2D eigenvalue weighted by Gasteiger charge is -2.26. The van der Waals surface area contributed by atoms with Crippen LogP contribution >= 0.6 is 11.3 Å². The van der Waals surface area contributed by atoms with Gasteiger partial charge < -0.3 is 14.8 Å². The van der Waals surface area contributed by atoms with E-state index in [0.29, 0.717) is 12.3 Å². The van der Waals surface area contributed by atoms with Gasteiger partial charge in [0, 0.05) is 24.0 Å². The second-order valence-corrected chi connectivity index (χ2v) is 9.32. The lowest BCUT2D eigenvalue weighted by molar-refractivity contribution is -0.140. The molecule has 2 aromatic rings. The number of nitrogens with zero attached hydrogens (tertiary/aromatic N) is 3. The second kappa shape index (κ2) is 8.93. The molecule has 0 saturated carbocycles. The Morgan fingerprint density at radius 3 is 2.93 bits per heavy atom. The normalized spacial score (nSPS) is 21.0. The third kappa shape index (κ3) is 4.70. The first-order chi connectivity index (χ1) is 14.0. The molecule has 29 heavy (non-hydrogen) atoms. The number of aryl methyl sites for hydroxylation is 1. The molecule has 1 N–H and O–H groups in total. The molecule has 8 heteroatoms. The number of morpholine rings is 1. The number of fused-ring (bicyclic) bond motifs is 3. The summed E-state index contributed by atoms with van der Waals surface area (Å²) >= 11 is 1.81. The summed E-state index contributed by atoms with van der Waals surface area (Å²) in [6, 6.07) is -0.0603. The van der Waals surface area contributed by atoms with Crippen molar-refractivity contribution in [1.29, 1.82) is 0 Å². The number of hydrogen-bond acceptors (Lipinski definition) is 8. The van der Waals surface area contributed by atoms with E-state index in [0.717, 1.165) is 67.5 Å². The van der Waals surface area contributed by atoms with Crippen LogP contribution in [0.1, 0.15) is 43.0 Å². The van der Waals surface area contributed by atoms with E-state index in [9.17, 15) is 4.79 Å².